The van der Waals surface area contributed by atoms with Crippen molar-refractivity contribution < 1.29 is 14.0 Å². The smallest absolute Gasteiger partial charge is 0.268 e. The first-order valence-electron chi connectivity index (χ1n) is 8.03. The molecule has 0 radical (unpaired) electrons. The lowest BCUT2D eigenvalue weighted by Gasteiger charge is -2.18. The molecule has 2 aromatic carbocycles. The molecule has 2 aromatic rings. The predicted molar refractivity (Wildman–Crippen MR) is 99.9 cm³/mol. The standard InChI is InChI=1S/C20H18FNO2S/c1-4-25-18-17(14-7-9-15(21)10-8-14)19(23)22(20(18)24)16-11-12(2)5-6-13(16)3/h5-11H,4H2,1-3H3. The molecule has 25 heavy (non-hydrogen) atoms. The molecular formula is C20H18FNO2S. The lowest BCUT2D eigenvalue weighted by molar-refractivity contribution is -0.119. The van der Waals surface area contributed by atoms with Gasteiger partial charge < -0.3 is 0 Å². The van der Waals surface area contributed by atoms with Crippen molar-refractivity contribution in [2.24, 2.45) is 0 Å². The van der Waals surface area contributed by atoms with Crippen LogP contribution in [0.2, 0.25) is 0 Å². The van der Waals surface area contributed by atoms with Crippen LogP contribution in [0, 0.1) is 19.7 Å². The molecule has 1 aliphatic rings. The van der Waals surface area contributed by atoms with Crippen LogP contribution >= 0.6 is 11.8 Å². The monoisotopic (exact) mass is 355 g/mol. The second kappa shape index (κ2) is 6.84. The quantitative estimate of drug-likeness (QED) is 0.759. The van der Waals surface area contributed by atoms with Crippen LogP contribution in [-0.2, 0) is 9.59 Å². The van der Waals surface area contributed by atoms with Crippen LogP contribution in [0.3, 0.4) is 0 Å². The van der Waals surface area contributed by atoms with E-state index in [2.05, 4.69) is 0 Å². The zero-order valence-electron chi connectivity index (χ0n) is 14.3. The maximum Gasteiger partial charge on any atom is 0.272 e. The van der Waals surface area contributed by atoms with Crippen molar-refractivity contribution in [3.63, 3.8) is 0 Å². The summed E-state index contributed by atoms with van der Waals surface area (Å²) >= 11 is 1.34. The van der Waals surface area contributed by atoms with E-state index in [1.54, 1.807) is 12.1 Å². The van der Waals surface area contributed by atoms with E-state index in [-0.39, 0.29) is 17.6 Å². The summed E-state index contributed by atoms with van der Waals surface area (Å²) in [6.07, 6.45) is 0. The molecule has 128 valence electrons. The molecule has 0 atom stereocenters. The van der Waals surface area contributed by atoms with E-state index in [9.17, 15) is 14.0 Å². The van der Waals surface area contributed by atoms with Gasteiger partial charge in [-0.1, -0.05) is 31.2 Å². The minimum atomic E-state index is -0.378. The largest absolute Gasteiger partial charge is 0.272 e. The fraction of sp³-hybridized carbons (Fsp3) is 0.200. The molecule has 0 spiro atoms. The van der Waals surface area contributed by atoms with Crippen LogP contribution in [0.25, 0.3) is 5.57 Å². The van der Waals surface area contributed by atoms with Gasteiger partial charge >= 0.3 is 0 Å². The van der Waals surface area contributed by atoms with E-state index in [0.29, 0.717) is 27.5 Å². The van der Waals surface area contributed by atoms with Gasteiger partial charge in [0.05, 0.1) is 16.2 Å². The number of nitrogens with zero attached hydrogens (tertiary/aromatic N) is 1. The van der Waals surface area contributed by atoms with E-state index in [4.69, 9.17) is 0 Å². The fourth-order valence-corrected chi connectivity index (χ4v) is 3.69. The van der Waals surface area contributed by atoms with Crippen molar-refractivity contribution in [1.82, 2.24) is 0 Å². The zero-order chi connectivity index (χ0) is 18.1. The van der Waals surface area contributed by atoms with E-state index >= 15 is 0 Å². The highest BCUT2D eigenvalue weighted by Gasteiger charge is 2.40. The van der Waals surface area contributed by atoms with Crippen molar-refractivity contribution in [3.8, 4) is 0 Å². The summed E-state index contributed by atoms with van der Waals surface area (Å²) in [5.41, 5.74) is 3.33. The molecule has 0 saturated carbocycles. The maximum atomic E-state index is 13.2. The topological polar surface area (TPSA) is 37.4 Å². The van der Waals surface area contributed by atoms with Gasteiger partial charge in [0.2, 0.25) is 0 Å². The number of amides is 2. The SMILES string of the molecule is CCSC1=C(c2ccc(F)cc2)C(=O)N(c2cc(C)ccc2C)C1=O. The number of halogens is 1. The lowest BCUT2D eigenvalue weighted by atomic mass is 10.1. The third kappa shape index (κ3) is 3.12. The first-order valence-corrected chi connectivity index (χ1v) is 9.01. The molecule has 2 amide bonds. The Bertz CT molecular complexity index is 887. The Morgan fingerprint density at radius 2 is 1.68 bits per heavy atom. The van der Waals surface area contributed by atoms with Gasteiger partial charge in [-0.15, -0.1) is 11.8 Å². The van der Waals surface area contributed by atoms with E-state index in [1.807, 2.05) is 39.0 Å². The summed E-state index contributed by atoms with van der Waals surface area (Å²) in [5, 5.41) is 0. The fourth-order valence-electron chi connectivity index (χ4n) is 2.84. The Kier molecular flexibility index (Phi) is 4.77. The highest BCUT2D eigenvalue weighted by atomic mass is 32.2. The second-order valence-corrected chi connectivity index (χ2v) is 7.15. The number of carbonyl (C=O) groups excluding carboxylic acids is 2. The molecule has 0 N–H and O–H groups in total. The van der Waals surface area contributed by atoms with Gasteiger partial charge in [-0.25, -0.2) is 9.29 Å². The Labute approximate surface area is 150 Å². The van der Waals surface area contributed by atoms with Gasteiger partial charge in [0.1, 0.15) is 5.82 Å². The van der Waals surface area contributed by atoms with Gasteiger partial charge in [-0.2, -0.15) is 0 Å². The zero-order valence-corrected chi connectivity index (χ0v) is 15.1. The van der Waals surface area contributed by atoms with Crippen LogP contribution in [0.5, 0.6) is 0 Å². The molecule has 0 bridgehead atoms. The van der Waals surface area contributed by atoms with E-state index in [1.165, 1.54) is 28.8 Å². The van der Waals surface area contributed by atoms with Crippen LogP contribution in [0.1, 0.15) is 23.6 Å². The molecule has 5 heteroatoms. The van der Waals surface area contributed by atoms with E-state index < -0.39 is 0 Å². The molecule has 0 unspecified atom stereocenters. The normalized spacial score (nSPS) is 14.6. The van der Waals surface area contributed by atoms with Crippen LogP contribution < -0.4 is 4.90 Å². The predicted octanol–water partition coefficient (Wildman–Crippen LogP) is 4.48. The summed E-state index contributed by atoms with van der Waals surface area (Å²) in [6, 6.07) is 11.4. The average molecular weight is 355 g/mol. The Morgan fingerprint density at radius 1 is 1.00 bits per heavy atom. The molecule has 3 rings (SSSR count). The van der Waals surface area contributed by atoms with Gasteiger partial charge in [0.25, 0.3) is 11.8 Å². The summed E-state index contributed by atoms with van der Waals surface area (Å²) in [5.74, 6) is -0.386. The minimum absolute atomic E-state index is 0.315. The summed E-state index contributed by atoms with van der Waals surface area (Å²) in [7, 11) is 0. The highest BCUT2D eigenvalue weighted by molar-refractivity contribution is 8.04. The summed E-state index contributed by atoms with van der Waals surface area (Å²) in [6.45, 7) is 5.72. The number of benzene rings is 2. The second-order valence-electron chi connectivity index (χ2n) is 5.88. The Balaban J connectivity index is 2.13. The lowest BCUT2D eigenvalue weighted by Crippen LogP contribution is -2.32. The molecule has 0 saturated heterocycles. The highest BCUT2D eigenvalue weighted by Crippen LogP contribution is 2.39. The Hall–Kier alpha value is -2.40. The van der Waals surface area contributed by atoms with Crippen LogP contribution in [-0.4, -0.2) is 17.6 Å². The molecule has 3 nitrogen and oxygen atoms in total. The number of aryl methyl sites for hydroxylation is 2. The number of hydrogen-bond acceptors (Lipinski definition) is 3. The minimum Gasteiger partial charge on any atom is -0.268 e. The van der Waals surface area contributed by atoms with Gasteiger partial charge in [-0.05, 0) is 54.5 Å². The molecule has 1 aliphatic heterocycles. The Morgan fingerprint density at radius 3 is 2.32 bits per heavy atom. The summed E-state index contributed by atoms with van der Waals surface area (Å²) in [4.78, 5) is 27.7. The maximum absolute atomic E-state index is 13.2. The number of carbonyl (C=O) groups is 2. The third-order valence-electron chi connectivity index (χ3n) is 4.07. The number of thioether (sulfide) groups is 1. The number of rotatable bonds is 4. The molecular weight excluding hydrogens is 337 g/mol. The average Bonchev–Trinajstić information content (AvgIpc) is 2.82. The number of hydrogen-bond donors (Lipinski definition) is 0. The molecule has 0 aliphatic carbocycles. The molecule has 0 aromatic heterocycles. The van der Waals surface area contributed by atoms with Crippen molar-refractivity contribution >= 4 is 34.8 Å². The van der Waals surface area contributed by atoms with Crippen LogP contribution in [0.4, 0.5) is 10.1 Å². The van der Waals surface area contributed by atoms with Crippen molar-refractivity contribution in [3.05, 3.63) is 69.9 Å². The van der Waals surface area contributed by atoms with Gasteiger partial charge in [0.15, 0.2) is 0 Å². The van der Waals surface area contributed by atoms with Gasteiger partial charge in [0, 0.05) is 0 Å². The van der Waals surface area contributed by atoms with Crippen LogP contribution in [0.15, 0.2) is 47.4 Å². The third-order valence-corrected chi connectivity index (χ3v) is 5.02. The van der Waals surface area contributed by atoms with Gasteiger partial charge in [-0.3, -0.25) is 9.59 Å². The number of anilines is 1. The van der Waals surface area contributed by atoms with Crippen molar-refractivity contribution in [2.75, 3.05) is 10.7 Å². The van der Waals surface area contributed by atoms with Crippen molar-refractivity contribution in [1.29, 1.82) is 0 Å². The summed E-state index contributed by atoms with van der Waals surface area (Å²) < 4.78 is 13.2. The van der Waals surface area contributed by atoms with E-state index in [0.717, 1.165) is 11.1 Å². The molecule has 1 heterocycles. The van der Waals surface area contributed by atoms with Crippen molar-refractivity contribution in [2.45, 2.75) is 20.8 Å². The first kappa shape index (κ1) is 17.4. The first-order chi connectivity index (χ1) is 11.9. The number of imide groups is 1. The molecule has 0 fully saturated rings.